The van der Waals surface area contributed by atoms with Gasteiger partial charge in [-0.3, -0.25) is 9.59 Å². The van der Waals surface area contributed by atoms with Crippen LogP contribution < -0.4 is 0 Å². The maximum atomic E-state index is 12.1. The van der Waals surface area contributed by atoms with E-state index in [0.717, 1.165) is 0 Å². The Kier molecular flexibility index (Phi) is 5.37. The van der Waals surface area contributed by atoms with Crippen LogP contribution in [0.5, 0.6) is 0 Å². The monoisotopic (exact) mass is 452 g/mol. The highest BCUT2D eigenvalue weighted by Crippen LogP contribution is 2.72. The van der Waals surface area contributed by atoms with Crippen molar-refractivity contribution < 1.29 is 39.5 Å². The van der Waals surface area contributed by atoms with Crippen LogP contribution in [0.15, 0.2) is 12.2 Å². The number of esters is 2. The largest absolute Gasteiger partial charge is 0.459 e. The molecular weight excluding hydrogens is 416 g/mol. The lowest BCUT2D eigenvalue weighted by molar-refractivity contribution is -0.313. The minimum Gasteiger partial charge on any atom is -0.459 e. The lowest BCUT2D eigenvalue weighted by atomic mass is 9.38. The van der Waals surface area contributed by atoms with Crippen molar-refractivity contribution in [3.63, 3.8) is 0 Å². The fourth-order valence-electron chi connectivity index (χ4n) is 8.68. The molecule has 4 saturated carbocycles. The summed E-state index contributed by atoms with van der Waals surface area (Å²) in [7, 11) is 0. The third kappa shape index (κ3) is 2.89. The van der Waals surface area contributed by atoms with Crippen molar-refractivity contribution in [1.29, 1.82) is 0 Å². The van der Waals surface area contributed by atoms with Gasteiger partial charge in [0.25, 0.3) is 0 Å². The van der Waals surface area contributed by atoms with E-state index in [2.05, 4.69) is 6.58 Å². The number of carbonyl (C=O) groups is 2. The molecule has 0 radical (unpaired) electrons. The topological polar surface area (TPSA) is 134 Å². The van der Waals surface area contributed by atoms with Crippen molar-refractivity contribution in [2.75, 3.05) is 0 Å². The van der Waals surface area contributed by atoms with E-state index in [1.54, 1.807) is 0 Å². The Labute approximate surface area is 188 Å². The SMILES string of the molecule is C=C1C2CC(O)C3C4(C)CC(O)C(OC(C)=O)C(C)(C)C4C(O)C(OC(C)=O)C3(C2)C1O. The van der Waals surface area contributed by atoms with Crippen LogP contribution in [0, 0.1) is 34.0 Å². The minimum absolute atomic E-state index is 0.142. The van der Waals surface area contributed by atoms with Crippen LogP contribution in [0.4, 0.5) is 0 Å². The van der Waals surface area contributed by atoms with E-state index >= 15 is 0 Å². The van der Waals surface area contributed by atoms with Gasteiger partial charge in [-0.2, -0.15) is 0 Å². The second kappa shape index (κ2) is 7.26. The van der Waals surface area contributed by atoms with Crippen LogP contribution >= 0.6 is 0 Å². The van der Waals surface area contributed by atoms with Gasteiger partial charge in [-0.15, -0.1) is 0 Å². The highest BCUT2D eigenvalue weighted by atomic mass is 16.6. The fraction of sp³-hybridized carbons (Fsp3) is 0.833. The highest BCUT2D eigenvalue weighted by Gasteiger charge is 2.77. The van der Waals surface area contributed by atoms with Crippen LogP contribution in [-0.4, -0.2) is 69.0 Å². The van der Waals surface area contributed by atoms with E-state index < -0.39 is 76.6 Å². The molecule has 0 amide bonds. The van der Waals surface area contributed by atoms with E-state index in [4.69, 9.17) is 9.47 Å². The van der Waals surface area contributed by atoms with Crippen LogP contribution in [0.1, 0.15) is 53.9 Å². The van der Waals surface area contributed by atoms with Crippen LogP contribution in [0.3, 0.4) is 0 Å². The smallest absolute Gasteiger partial charge is 0.303 e. The first-order valence-electron chi connectivity index (χ1n) is 11.4. The molecule has 0 aromatic carbocycles. The molecule has 2 bridgehead atoms. The van der Waals surface area contributed by atoms with Gasteiger partial charge >= 0.3 is 11.9 Å². The van der Waals surface area contributed by atoms with Crippen molar-refractivity contribution in [3.05, 3.63) is 12.2 Å². The molecule has 8 nitrogen and oxygen atoms in total. The van der Waals surface area contributed by atoms with Crippen molar-refractivity contribution in [2.24, 2.45) is 34.0 Å². The molecule has 32 heavy (non-hydrogen) atoms. The second-order valence-electron chi connectivity index (χ2n) is 11.4. The predicted molar refractivity (Wildman–Crippen MR) is 113 cm³/mol. The first kappa shape index (κ1) is 23.7. The number of hydrogen-bond acceptors (Lipinski definition) is 8. The number of rotatable bonds is 2. The summed E-state index contributed by atoms with van der Waals surface area (Å²) in [6.45, 7) is 12.2. The number of aliphatic hydroxyl groups is 4. The third-order valence-corrected chi connectivity index (χ3v) is 9.20. The number of fused-ring (bicyclic) bond motifs is 3. The quantitative estimate of drug-likeness (QED) is 0.359. The Morgan fingerprint density at radius 1 is 0.906 bits per heavy atom. The van der Waals surface area contributed by atoms with Crippen molar-refractivity contribution in [1.82, 2.24) is 0 Å². The second-order valence-corrected chi connectivity index (χ2v) is 11.4. The number of ether oxygens (including phenoxy) is 2. The van der Waals surface area contributed by atoms with Gasteiger partial charge in [0.2, 0.25) is 0 Å². The van der Waals surface area contributed by atoms with E-state index in [-0.39, 0.29) is 12.3 Å². The molecule has 0 heterocycles. The molecule has 8 heteroatoms. The molecular formula is C24H36O8. The maximum absolute atomic E-state index is 12.1. The fourth-order valence-corrected chi connectivity index (χ4v) is 8.68. The van der Waals surface area contributed by atoms with Crippen molar-refractivity contribution in [3.8, 4) is 0 Å². The Hall–Kier alpha value is -1.48. The van der Waals surface area contributed by atoms with Crippen LogP contribution in [-0.2, 0) is 19.1 Å². The molecule has 4 rings (SSSR count). The van der Waals surface area contributed by atoms with Crippen LogP contribution in [0.2, 0.25) is 0 Å². The Balaban J connectivity index is 1.92. The van der Waals surface area contributed by atoms with Gasteiger partial charge in [-0.25, -0.2) is 0 Å². The van der Waals surface area contributed by atoms with Gasteiger partial charge in [-0.1, -0.05) is 27.4 Å². The predicted octanol–water partition coefficient (Wildman–Crippen LogP) is 0.942. The zero-order valence-corrected chi connectivity index (χ0v) is 19.4. The summed E-state index contributed by atoms with van der Waals surface area (Å²) in [5, 5.41) is 45.7. The van der Waals surface area contributed by atoms with Gasteiger partial charge in [-0.05, 0) is 36.2 Å². The van der Waals surface area contributed by atoms with Gasteiger partial charge in [0, 0.05) is 36.5 Å². The average Bonchev–Trinajstić information content (AvgIpc) is 2.83. The van der Waals surface area contributed by atoms with E-state index in [9.17, 15) is 30.0 Å². The summed E-state index contributed by atoms with van der Waals surface area (Å²) >= 11 is 0. The minimum atomic E-state index is -1.20. The summed E-state index contributed by atoms with van der Waals surface area (Å²) in [6, 6.07) is 0. The normalized spacial score (nSPS) is 51.4. The Bertz CT molecular complexity index is 838. The number of aliphatic hydroxyl groups excluding tert-OH is 4. The summed E-state index contributed by atoms with van der Waals surface area (Å²) < 4.78 is 11.2. The summed E-state index contributed by atoms with van der Waals surface area (Å²) in [5.41, 5.74) is -2.26. The lowest BCUT2D eigenvalue weighted by Crippen LogP contribution is -2.75. The van der Waals surface area contributed by atoms with Crippen LogP contribution in [0.25, 0.3) is 0 Å². The van der Waals surface area contributed by atoms with E-state index in [1.807, 2.05) is 20.8 Å². The summed E-state index contributed by atoms with van der Waals surface area (Å²) in [4.78, 5) is 23.9. The zero-order valence-electron chi connectivity index (χ0n) is 19.4. The molecule has 0 aliphatic heterocycles. The number of carbonyl (C=O) groups excluding carboxylic acids is 2. The molecule has 0 aromatic rings. The molecule has 4 N–H and O–H groups in total. The van der Waals surface area contributed by atoms with Crippen molar-refractivity contribution in [2.45, 2.75) is 90.5 Å². The molecule has 11 atom stereocenters. The van der Waals surface area contributed by atoms with Gasteiger partial charge < -0.3 is 29.9 Å². The molecule has 11 unspecified atom stereocenters. The Morgan fingerprint density at radius 2 is 1.47 bits per heavy atom. The average molecular weight is 453 g/mol. The standard InChI is InChI=1S/C24H36O8/c1-10-13-7-14(27)17-23(6)9-15(28)20(31-11(2)25)22(4,5)18(23)16(29)21(32-12(3)26)24(17,8-13)19(10)30/h13-21,27-30H,1,7-9H2,2-6H3. The molecule has 4 aliphatic rings. The maximum Gasteiger partial charge on any atom is 0.303 e. The molecule has 4 aliphatic carbocycles. The molecule has 0 aromatic heterocycles. The van der Waals surface area contributed by atoms with E-state index in [0.29, 0.717) is 18.4 Å². The first-order valence-corrected chi connectivity index (χ1v) is 11.4. The zero-order chi connectivity index (χ0) is 24.0. The molecule has 180 valence electrons. The summed E-state index contributed by atoms with van der Waals surface area (Å²) in [5.74, 6) is -2.41. The molecule has 4 fully saturated rings. The molecule has 1 spiro atoms. The third-order valence-electron chi connectivity index (χ3n) is 9.20. The van der Waals surface area contributed by atoms with Gasteiger partial charge in [0.1, 0.15) is 12.2 Å². The van der Waals surface area contributed by atoms with Gasteiger partial charge in [0.15, 0.2) is 0 Å². The van der Waals surface area contributed by atoms with E-state index in [1.165, 1.54) is 13.8 Å². The summed E-state index contributed by atoms with van der Waals surface area (Å²) in [6.07, 6.45) is -5.04. The first-order chi connectivity index (χ1) is 14.7. The van der Waals surface area contributed by atoms with Crippen molar-refractivity contribution >= 4 is 11.9 Å². The lowest BCUT2D eigenvalue weighted by Gasteiger charge is -2.69. The number of hydrogen-bond donors (Lipinski definition) is 4. The van der Waals surface area contributed by atoms with Gasteiger partial charge in [0.05, 0.1) is 24.4 Å². The highest BCUT2D eigenvalue weighted by molar-refractivity contribution is 5.67. The Morgan fingerprint density at radius 3 is 2.03 bits per heavy atom. The molecule has 0 saturated heterocycles.